The molecule has 31 heavy (non-hydrogen) atoms. The highest BCUT2D eigenvalue weighted by molar-refractivity contribution is 7.91. The molecule has 4 rings (SSSR count). The fraction of sp³-hybridized carbons (Fsp3) is 0.250. The molecule has 1 aliphatic rings. The molecule has 1 amide bonds. The van der Waals surface area contributed by atoms with Crippen molar-refractivity contribution < 1.29 is 18.0 Å². The molecule has 162 valence electrons. The van der Waals surface area contributed by atoms with Crippen LogP contribution in [0.25, 0.3) is 11.3 Å². The Morgan fingerprint density at radius 1 is 1.16 bits per heavy atom. The first-order valence-electron chi connectivity index (χ1n) is 9.42. The fourth-order valence-electron chi connectivity index (χ4n) is 3.43. The highest BCUT2D eigenvalue weighted by Gasteiger charge is 2.40. The lowest BCUT2D eigenvalue weighted by Gasteiger charge is -2.22. The Labute approximate surface area is 192 Å². The van der Waals surface area contributed by atoms with Crippen LogP contribution in [0.15, 0.2) is 46.7 Å². The second-order valence-electron chi connectivity index (χ2n) is 6.94. The third-order valence-corrected chi connectivity index (χ3v) is 9.52. The first-order valence-corrected chi connectivity index (χ1v) is 12.9. The van der Waals surface area contributed by atoms with Crippen LogP contribution in [0.3, 0.4) is 0 Å². The Balaban J connectivity index is 1.59. The summed E-state index contributed by atoms with van der Waals surface area (Å²) in [6, 6.07) is 11.3. The molecule has 11 heteroatoms. The zero-order valence-corrected chi connectivity index (χ0v) is 19.6. The number of amides is 1. The van der Waals surface area contributed by atoms with Crippen LogP contribution in [-0.2, 0) is 14.8 Å². The van der Waals surface area contributed by atoms with Gasteiger partial charge in [-0.05, 0) is 25.0 Å². The maximum atomic E-state index is 13.0. The molecule has 0 spiro atoms. The predicted molar refractivity (Wildman–Crippen MR) is 122 cm³/mol. The van der Waals surface area contributed by atoms with Gasteiger partial charge in [-0.25, -0.2) is 13.4 Å². The molecule has 1 atom stereocenters. The Morgan fingerprint density at radius 3 is 2.55 bits per heavy atom. The third kappa shape index (κ3) is 4.44. The van der Waals surface area contributed by atoms with Crippen LogP contribution < -0.4 is 5.32 Å². The summed E-state index contributed by atoms with van der Waals surface area (Å²) in [6.45, 7) is 1.70. The van der Waals surface area contributed by atoms with Crippen LogP contribution in [0.2, 0.25) is 4.34 Å². The number of thiazole rings is 1. The number of anilines is 1. The van der Waals surface area contributed by atoms with Crippen molar-refractivity contribution in [3.8, 4) is 11.3 Å². The first kappa shape index (κ1) is 22.1. The fourth-order valence-corrected chi connectivity index (χ4v) is 7.59. The van der Waals surface area contributed by atoms with Crippen molar-refractivity contribution in [3.63, 3.8) is 0 Å². The van der Waals surface area contributed by atoms with Gasteiger partial charge in [0.2, 0.25) is 5.91 Å². The van der Waals surface area contributed by atoms with E-state index >= 15 is 0 Å². The number of nitrogens with zero attached hydrogens (tertiary/aromatic N) is 2. The number of aromatic nitrogens is 1. The number of carbonyl (C=O) groups excluding carboxylic acids is 2. The summed E-state index contributed by atoms with van der Waals surface area (Å²) in [5.41, 5.74) is 1.27. The Hall–Kier alpha value is -2.11. The number of thiophene rings is 1. The summed E-state index contributed by atoms with van der Waals surface area (Å²) in [5.74, 6) is -0.622. The van der Waals surface area contributed by atoms with Crippen molar-refractivity contribution in [2.24, 2.45) is 0 Å². The molecule has 1 aliphatic heterocycles. The topological polar surface area (TPSA) is 96.4 Å². The van der Waals surface area contributed by atoms with Crippen molar-refractivity contribution in [2.75, 3.05) is 11.9 Å². The molecular formula is C20H18ClN3O4S3. The van der Waals surface area contributed by atoms with Gasteiger partial charge < -0.3 is 5.32 Å². The van der Waals surface area contributed by atoms with E-state index in [4.69, 9.17) is 11.6 Å². The van der Waals surface area contributed by atoms with Crippen LogP contribution >= 0.6 is 34.3 Å². The number of ketones is 1. The van der Waals surface area contributed by atoms with Crippen LogP contribution in [0.5, 0.6) is 0 Å². The van der Waals surface area contributed by atoms with E-state index < -0.39 is 22.0 Å². The van der Waals surface area contributed by atoms with E-state index in [9.17, 15) is 18.0 Å². The second kappa shape index (κ2) is 8.79. The van der Waals surface area contributed by atoms with E-state index in [-0.39, 0.29) is 21.7 Å². The average Bonchev–Trinajstić information content (AvgIpc) is 3.48. The van der Waals surface area contributed by atoms with Crippen LogP contribution in [-0.4, -0.2) is 42.0 Å². The molecule has 3 aromatic rings. The Morgan fingerprint density at radius 2 is 1.90 bits per heavy atom. The molecule has 0 saturated carbocycles. The van der Waals surface area contributed by atoms with Gasteiger partial charge in [0.25, 0.3) is 10.0 Å². The zero-order valence-electron chi connectivity index (χ0n) is 16.4. The van der Waals surface area contributed by atoms with Crippen LogP contribution in [0.4, 0.5) is 5.13 Å². The molecular weight excluding hydrogens is 478 g/mol. The highest BCUT2D eigenvalue weighted by Crippen LogP contribution is 2.34. The number of carbonyl (C=O) groups is 2. The quantitative estimate of drug-likeness (QED) is 0.507. The lowest BCUT2D eigenvalue weighted by molar-refractivity contribution is -0.119. The number of halogens is 1. The van der Waals surface area contributed by atoms with Crippen molar-refractivity contribution in [1.82, 2.24) is 9.29 Å². The number of hydrogen-bond donors (Lipinski definition) is 1. The third-order valence-electron chi connectivity index (χ3n) is 4.84. The second-order valence-corrected chi connectivity index (χ2v) is 11.8. The summed E-state index contributed by atoms with van der Waals surface area (Å²) in [4.78, 5) is 30.0. The number of rotatable bonds is 6. The predicted octanol–water partition coefficient (Wildman–Crippen LogP) is 4.52. The standard InChI is InChI=1S/C20H18ClN3O4S3/c1-12(25)18-17(13-6-3-2-4-7-13)22-20(30-18)23-19(26)14-8-5-11-24(14)31(27,28)16-10-9-15(21)29-16/h2-4,6-7,9-10,14H,5,8,11H2,1H3,(H,22,23,26)/t14-/m0/s1. The molecule has 0 aliphatic carbocycles. The maximum absolute atomic E-state index is 13.0. The van der Waals surface area contributed by atoms with Gasteiger partial charge in [-0.2, -0.15) is 4.31 Å². The van der Waals surface area contributed by atoms with Crippen molar-refractivity contribution in [2.45, 2.75) is 30.0 Å². The largest absolute Gasteiger partial charge is 0.301 e. The normalized spacial score (nSPS) is 17.0. The maximum Gasteiger partial charge on any atom is 0.253 e. The van der Waals surface area contributed by atoms with E-state index in [2.05, 4.69) is 10.3 Å². The van der Waals surface area contributed by atoms with E-state index in [1.165, 1.54) is 23.4 Å². The Bertz CT molecular complexity index is 1240. The lowest BCUT2D eigenvalue weighted by atomic mass is 10.1. The number of Topliss-reactive ketones (excluding diaryl/α,β-unsaturated/α-hetero) is 1. The molecule has 0 bridgehead atoms. The van der Waals surface area contributed by atoms with Gasteiger partial charge in [0.1, 0.15) is 10.3 Å². The van der Waals surface area contributed by atoms with E-state index in [0.717, 1.165) is 28.2 Å². The SMILES string of the molecule is CC(=O)c1sc(NC(=O)[C@@H]2CCCN2S(=O)(=O)c2ccc(Cl)s2)nc1-c1ccccc1. The lowest BCUT2D eigenvalue weighted by Crippen LogP contribution is -2.42. The van der Waals surface area contributed by atoms with Crippen LogP contribution in [0.1, 0.15) is 29.4 Å². The Kier molecular flexibility index (Phi) is 6.27. The van der Waals surface area contributed by atoms with Gasteiger partial charge >= 0.3 is 0 Å². The number of benzene rings is 1. The highest BCUT2D eigenvalue weighted by atomic mass is 35.5. The molecule has 3 heterocycles. The number of hydrogen-bond acceptors (Lipinski definition) is 7. The van der Waals surface area contributed by atoms with Gasteiger partial charge in [-0.3, -0.25) is 9.59 Å². The summed E-state index contributed by atoms with van der Waals surface area (Å²) < 4.78 is 27.7. The average molecular weight is 496 g/mol. The van der Waals surface area contributed by atoms with Gasteiger partial charge in [-0.15, -0.1) is 11.3 Å². The summed E-state index contributed by atoms with van der Waals surface area (Å²) in [6.07, 6.45) is 0.975. The number of nitrogens with one attached hydrogen (secondary N) is 1. The monoisotopic (exact) mass is 495 g/mol. The zero-order chi connectivity index (χ0) is 22.2. The van der Waals surface area contributed by atoms with Crippen molar-refractivity contribution in [3.05, 3.63) is 51.7 Å². The molecule has 7 nitrogen and oxygen atoms in total. The minimum Gasteiger partial charge on any atom is -0.301 e. The summed E-state index contributed by atoms with van der Waals surface area (Å²) >= 11 is 7.94. The van der Waals surface area contributed by atoms with Gasteiger partial charge in [0.15, 0.2) is 10.9 Å². The molecule has 1 saturated heterocycles. The van der Waals surface area contributed by atoms with Gasteiger partial charge in [-0.1, -0.05) is 53.3 Å². The molecule has 2 aromatic heterocycles. The van der Waals surface area contributed by atoms with E-state index in [0.29, 0.717) is 27.7 Å². The van der Waals surface area contributed by atoms with Gasteiger partial charge in [0.05, 0.1) is 14.9 Å². The van der Waals surface area contributed by atoms with Crippen LogP contribution in [0, 0.1) is 0 Å². The van der Waals surface area contributed by atoms with E-state index in [1.807, 2.05) is 30.3 Å². The number of sulfonamides is 1. The van der Waals surface area contributed by atoms with Gasteiger partial charge in [0, 0.05) is 19.0 Å². The van der Waals surface area contributed by atoms with E-state index in [1.54, 1.807) is 0 Å². The first-order chi connectivity index (χ1) is 14.8. The molecule has 1 aromatic carbocycles. The minimum atomic E-state index is -3.83. The molecule has 0 unspecified atom stereocenters. The molecule has 1 N–H and O–H groups in total. The summed E-state index contributed by atoms with van der Waals surface area (Å²) in [5, 5.41) is 2.98. The molecule has 0 radical (unpaired) electrons. The van der Waals surface area contributed by atoms with Crippen molar-refractivity contribution in [1.29, 1.82) is 0 Å². The molecule has 1 fully saturated rings. The minimum absolute atomic E-state index is 0.108. The summed E-state index contributed by atoms with van der Waals surface area (Å²) in [7, 11) is -3.83. The smallest absolute Gasteiger partial charge is 0.253 e. The van der Waals surface area contributed by atoms with Crippen molar-refractivity contribution >= 4 is 61.1 Å².